The molecule has 0 unspecified atom stereocenters. The number of Topliss-reactive ketones (excluding diaryl/α,β-unsaturated/α-hetero) is 1. The second-order valence-electron chi connectivity index (χ2n) is 4.09. The van der Waals surface area contributed by atoms with Crippen LogP contribution in [0.25, 0.3) is 0 Å². The summed E-state index contributed by atoms with van der Waals surface area (Å²) < 4.78 is 5.22. The highest BCUT2D eigenvalue weighted by Gasteiger charge is 2.19. The van der Waals surface area contributed by atoms with Gasteiger partial charge in [-0.3, -0.25) is 14.9 Å². The van der Waals surface area contributed by atoms with Gasteiger partial charge in [0, 0.05) is 13.8 Å². The SMILES string of the molecule is CC(=O)c1sc(NC(=O)c2oc(C)nc2C)nc1C. The number of anilines is 1. The van der Waals surface area contributed by atoms with E-state index in [9.17, 15) is 9.59 Å². The van der Waals surface area contributed by atoms with Crippen LogP contribution in [0.1, 0.15) is 44.4 Å². The van der Waals surface area contributed by atoms with E-state index in [4.69, 9.17) is 4.42 Å². The Morgan fingerprint density at radius 3 is 2.32 bits per heavy atom. The van der Waals surface area contributed by atoms with Crippen molar-refractivity contribution in [3.8, 4) is 0 Å². The van der Waals surface area contributed by atoms with Crippen molar-refractivity contribution in [2.45, 2.75) is 27.7 Å². The smallest absolute Gasteiger partial charge is 0.295 e. The van der Waals surface area contributed by atoms with E-state index in [1.807, 2.05) is 0 Å². The normalized spacial score (nSPS) is 10.5. The van der Waals surface area contributed by atoms with Gasteiger partial charge in [0.2, 0.25) is 5.76 Å². The van der Waals surface area contributed by atoms with Gasteiger partial charge >= 0.3 is 0 Å². The number of hydrogen-bond acceptors (Lipinski definition) is 6. The molecule has 7 heteroatoms. The van der Waals surface area contributed by atoms with Crippen molar-refractivity contribution in [3.63, 3.8) is 0 Å². The number of aromatic nitrogens is 2. The van der Waals surface area contributed by atoms with Gasteiger partial charge in [0.15, 0.2) is 16.8 Å². The van der Waals surface area contributed by atoms with Crippen LogP contribution in [0.5, 0.6) is 0 Å². The summed E-state index contributed by atoms with van der Waals surface area (Å²) in [4.78, 5) is 32.0. The largest absolute Gasteiger partial charge is 0.436 e. The van der Waals surface area contributed by atoms with Gasteiger partial charge in [0.25, 0.3) is 5.91 Å². The van der Waals surface area contributed by atoms with Crippen LogP contribution in [-0.4, -0.2) is 21.7 Å². The fourth-order valence-corrected chi connectivity index (χ4v) is 2.53. The molecular formula is C12H13N3O3S. The van der Waals surface area contributed by atoms with Crippen LogP contribution < -0.4 is 5.32 Å². The van der Waals surface area contributed by atoms with Gasteiger partial charge in [-0.05, 0) is 13.8 Å². The number of nitrogens with one attached hydrogen (secondary N) is 1. The van der Waals surface area contributed by atoms with Gasteiger partial charge in [-0.1, -0.05) is 11.3 Å². The number of amides is 1. The molecule has 0 saturated carbocycles. The molecule has 0 saturated heterocycles. The molecular weight excluding hydrogens is 266 g/mol. The van der Waals surface area contributed by atoms with Crippen molar-refractivity contribution in [1.29, 1.82) is 0 Å². The van der Waals surface area contributed by atoms with Gasteiger partial charge in [-0.15, -0.1) is 0 Å². The van der Waals surface area contributed by atoms with Crippen LogP contribution in [0.15, 0.2) is 4.42 Å². The first-order valence-electron chi connectivity index (χ1n) is 5.62. The Labute approximate surface area is 113 Å². The maximum absolute atomic E-state index is 12.0. The molecule has 0 aliphatic carbocycles. The Bertz CT molecular complexity index is 657. The van der Waals surface area contributed by atoms with Gasteiger partial charge in [0.05, 0.1) is 16.3 Å². The van der Waals surface area contributed by atoms with Crippen LogP contribution in [0, 0.1) is 20.8 Å². The number of hydrogen-bond donors (Lipinski definition) is 1. The lowest BCUT2D eigenvalue weighted by Crippen LogP contribution is -2.12. The highest BCUT2D eigenvalue weighted by Crippen LogP contribution is 2.23. The van der Waals surface area contributed by atoms with Crippen molar-refractivity contribution in [2.75, 3.05) is 5.32 Å². The summed E-state index contributed by atoms with van der Waals surface area (Å²) in [5, 5.41) is 2.99. The van der Waals surface area contributed by atoms with Gasteiger partial charge in [-0.2, -0.15) is 0 Å². The molecule has 0 radical (unpaired) electrons. The van der Waals surface area contributed by atoms with E-state index in [1.54, 1.807) is 20.8 Å². The Morgan fingerprint density at radius 1 is 1.16 bits per heavy atom. The first-order chi connectivity index (χ1) is 8.88. The lowest BCUT2D eigenvalue weighted by molar-refractivity contribution is 0.0992. The molecule has 0 spiro atoms. The number of ketones is 1. The predicted molar refractivity (Wildman–Crippen MR) is 70.8 cm³/mol. The standard InChI is InChI=1S/C12H13N3O3S/c1-5-9(18-8(4)13-5)11(17)15-12-14-6(2)10(19-12)7(3)16/h1-4H3,(H,14,15,17). The minimum Gasteiger partial charge on any atom is -0.436 e. The molecule has 2 rings (SSSR count). The zero-order valence-corrected chi connectivity index (χ0v) is 11.8. The summed E-state index contributed by atoms with van der Waals surface area (Å²) in [6.07, 6.45) is 0. The second-order valence-corrected chi connectivity index (χ2v) is 5.09. The number of oxazole rings is 1. The lowest BCUT2D eigenvalue weighted by Gasteiger charge is -1.97. The minimum atomic E-state index is -0.415. The average Bonchev–Trinajstić information content (AvgIpc) is 2.81. The zero-order valence-electron chi connectivity index (χ0n) is 11.0. The minimum absolute atomic E-state index is 0.0674. The summed E-state index contributed by atoms with van der Waals surface area (Å²) in [7, 11) is 0. The van der Waals surface area contributed by atoms with Gasteiger partial charge in [-0.25, -0.2) is 9.97 Å². The molecule has 100 valence electrons. The molecule has 1 amide bonds. The van der Waals surface area contributed by atoms with E-state index < -0.39 is 5.91 Å². The summed E-state index contributed by atoms with van der Waals surface area (Å²) >= 11 is 1.15. The van der Waals surface area contributed by atoms with Crippen molar-refractivity contribution >= 4 is 28.2 Å². The van der Waals surface area contributed by atoms with E-state index in [-0.39, 0.29) is 11.5 Å². The van der Waals surface area contributed by atoms with Crippen molar-refractivity contribution in [1.82, 2.24) is 9.97 Å². The predicted octanol–water partition coefficient (Wildman–Crippen LogP) is 2.51. The van der Waals surface area contributed by atoms with Crippen molar-refractivity contribution in [2.24, 2.45) is 0 Å². The second kappa shape index (κ2) is 4.93. The summed E-state index contributed by atoms with van der Waals surface area (Å²) in [6.45, 7) is 6.56. The third-order valence-electron chi connectivity index (χ3n) is 2.45. The molecule has 0 aromatic carbocycles. The number of nitrogens with zero attached hydrogens (tertiary/aromatic N) is 2. The van der Waals surface area contributed by atoms with Gasteiger partial charge in [0.1, 0.15) is 0 Å². The molecule has 1 N–H and O–H groups in total. The number of carbonyl (C=O) groups is 2. The molecule has 19 heavy (non-hydrogen) atoms. The number of aryl methyl sites for hydroxylation is 3. The van der Waals surface area contributed by atoms with Crippen molar-refractivity contribution < 1.29 is 14.0 Å². The Morgan fingerprint density at radius 2 is 1.84 bits per heavy atom. The number of rotatable bonds is 3. The van der Waals surface area contributed by atoms with E-state index in [0.717, 1.165) is 11.3 Å². The maximum atomic E-state index is 12.0. The Kier molecular flexibility index (Phi) is 3.48. The molecule has 6 nitrogen and oxygen atoms in total. The molecule has 0 aliphatic rings. The molecule has 0 bridgehead atoms. The third kappa shape index (κ3) is 2.70. The first kappa shape index (κ1) is 13.4. The molecule has 2 aromatic heterocycles. The highest BCUT2D eigenvalue weighted by molar-refractivity contribution is 7.17. The van der Waals surface area contributed by atoms with E-state index in [1.165, 1.54) is 6.92 Å². The number of carbonyl (C=O) groups excluding carboxylic acids is 2. The van der Waals surface area contributed by atoms with E-state index in [2.05, 4.69) is 15.3 Å². The van der Waals surface area contributed by atoms with E-state index in [0.29, 0.717) is 27.3 Å². The summed E-state index contributed by atoms with van der Waals surface area (Å²) in [5.74, 6) is 0.112. The van der Waals surface area contributed by atoms with Crippen LogP contribution in [-0.2, 0) is 0 Å². The maximum Gasteiger partial charge on any atom is 0.295 e. The van der Waals surface area contributed by atoms with Gasteiger partial charge < -0.3 is 4.42 Å². The van der Waals surface area contributed by atoms with Crippen LogP contribution >= 0.6 is 11.3 Å². The topological polar surface area (TPSA) is 85.1 Å². The first-order valence-corrected chi connectivity index (χ1v) is 6.44. The third-order valence-corrected chi connectivity index (χ3v) is 3.62. The molecule has 0 atom stereocenters. The van der Waals surface area contributed by atoms with Crippen LogP contribution in [0.3, 0.4) is 0 Å². The fourth-order valence-electron chi connectivity index (χ4n) is 1.67. The molecule has 2 aromatic rings. The molecule has 0 fully saturated rings. The molecule has 2 heterocycles. The Hall–Kier alpha value is -2.02. The number of thiazole rings is 1. The van der Waals surface area contributed by atoms with Crippen molar-refractivity contribution in [3.05, 3.63) is 27.9 Å². The van der Waals surface area contributed by atoms with Crippen LogP contribution in [0.4, 0.5) is 5.13 Å². The van der Waals surface area contributed by atoms with E-state index >= 15 is 0 Å². The highest BCUT2D eigenvalue weighted by atomic mass is 32.1. The summed E-state index contributed by atoms with van der Waals surface area (Å²) in [5.41, 5.74) is 1.13. The zero-order chi connectivity index (χ0) is 14.2. The lowest BCUT2D eigenvalue weighted by atomic mass is 10.3. The molecule has 0 aliphatic heterocycles. The summed E-state index contributed by atoms with van der Waals surface area (Å²) in [6, 6.07) is 0. The fraction of sp³-hybridized carbons (Fsp3) is 0.333. The van der Waals surface area contributed by atoms with Crippen LogP contribution in [0.2, 0.25) is 0 Å². The monoisotopic (exact) mass is 279 g/mol. The Balaban J connectivity index is 2.22. The quantitative estimate of drug-likeness (QED) is 0.872. The average molecular weight is 279 g/mol.